The average Bonchev–Trinajstić information content (AvgIpc) is 1.72. The van der Waals surface area contributed by atoms with E-state index in [1.807, 2.05) is 74.9 Å². The Morgan fingerprint density at radius 2 is 0.953 bits per heavy atom. The molecule has 6 rings (SSSR count). The van der Waals surface area contributed by atoms with Gasteiger partial charge in [0, 0.05) is 188 Å². The van der Waals surface area contributed by atoms with Gasteiger partial charge in [0.15, 0.2) is 0 Å². The molecule has 0 saturated carbocycles. The number of morpholine rings is 2. The lowest BCUT2D eigenvalue weighted by Gasteiger charge is -2.27. The minimum Gasteiger partial charge on any atom is -0.462 e. The smallest absolute Gasteiger partial charge is 0.333 e. The number of nitrogens with zero attached hydrogens (tertiary/aromatic N) is 12. The molecule has 6 heterocycles. The number of hydrogen-bond acceptors (Lipinski definition) is 29. The summed E-state index contributed by atoms with van der Waals surface area (Å²) in [4.78, 5) is 134. The van der Waals surface area contributed by atoms with Crippen LogP contribution in [0.15, 0.2) is 138 Å². The summed E-state index contributed by atoms with van der Waals surface area (Å²) in [6.07, 6.45) is 20.2. The highest BCUT2D eigenvalue weighted by Gasteiger charge is 2.22. The number of ether oxygens (including phenoxy) is 7. The summed E-state index contributed by atoms with van der Waals surface area (Å²) in [5.41, 5.74) is 1.39. The molecular formula is C94H171N17O17S. The Morgan fingerprint density at radius 3 is 1.36 bits per heavy atom. The van der Waals surface area contributed by atoms with Gasteiger partial charge in [-0.25, -0.2) is 29.0 Å². The van der Waals surface area contributed by atoms with Crippen LogP contribution in [0.4, 0.5) is 0 Å². The molecular weight excluding hydrogens is 1670 g/mol. The van der Waals surface area contributed by atoms with E-state index in [0.717, 1.165) is 177 Å². The SMILES string of the molecule is C.C=C(C)C(=O)NCCN1CNC(=O)C1.C=C(C)C(=O)OC(CN(C)C)CN(C)C.C=C(C)C(=O)OCCN(CC)CC.C=CC(=O)NCCCN(CC)CC.C=CC(=O)NCCCN1CCSCC1.C=CC(=O)NCCN1CCOCC1.C=CC(=O)OCC(C)(C)CN(C)C.C=CC(=O)OCCN1CCCCC1.C=CC(=O)OCCN1CCOCC1.C=Cn1ccnc1. The van der Waals surface area contributed by atoms with Gasteiger partial charge in [-0.05, 0) is 159 Å². The third-order valence-corrected chi connectivity index (χ3v) is 19.3. The van der Waals surface area contributed by atoms with Gasteiger partial charge in [0.2, 0.25) is 29.5 Å². The van der Waals surface area contributed by atoms with Crippen molar-refractivity contribution in [1.29, 1.82) is 0 Å². The highest BCUT2D eigenvalue weighted by Crippen LogP contribution is 2.16. The number of esters is 5. The van der Waals surface area contributed by atoms with Crippen LogP contribution in [0.25, 0.3) is 6.20 Å². The molecule has 0 aromatic carbocycles. The van der Waals surface area contributed by atoms with E-state index in [1.165, 1.54) is 80.3 Å². The van der Waals surface area contributed by atoms with Crippen molar-refractivity contribution >= 4 is 77.3 Å². The van der Waals surface area contributed by atoms with E-state index in [1.54, 1.807) is 44.1 Å². The second-order valence-corrected chi connectivity index (χ2v) is 32.5. The number of aromatic nitrogens is 2. The first kappa shape index (κ1) is 129. The molecule has 5 saturated heterocycles. The number of rotatable bonds is 46. The molecule has 129 heavy (non-hydrogen) atoms. The van der Waals surface area contributed by atoms with Gasteiger partial charge < -0.3 is 93.7 Å². The number of carbonyl (C=O) groups excluding carboxylic acids is 10. The molecule has 5 fully saturated rings. The number of imidazole rings is 1. The van der Waals surface area contributed by atoms with E-state index in [-0.39, 0.29) is 78.3 Å². The summed E-state index contributed by atoms with van der Waals surface area (Å²) < 4.78 is 37.2. The van der Waals surface area contributed by atoms with Crippen molar-refractivity contribution in [3.8, 4) is 0 Å². The summed E-state index contributed by atoms with van der Waals surface area (Å²) in [7, 11) is 11.8. The van der Waals surface area contributed by atoms with Crippen molar-refractivity contribution in [1.82, 2.24) is 85.1 Å². The summed E-state index contributed by atoms with van der Waals surface area (Å²) in [5.74, 6) is 0.498. The number of nitrogens with one attached hydrogen (secondary N) is 5. The Balaban J connectivity index is -0.000000442. The molecule has 0 atom stereocenters. The summed E-state index contributed by atoms with van der Waals surface area (Å²) in [6, 6.07) is 0. The minimum absolute atomic E-state index is 0. The molecule has 0 spiro atoms. The Bertz CT molecular complexity index is 3150. The molecule has 740 valence electrons. The lowest BCUT2D eigenvalue weighted by Crippen LogP contribution is -2.41. The average molecular weight is 1840 g/mol. The number of hydrogen-bond donors (Lipinski definition) is 5. The largest absolute Gasteiger partial charge is 0.462 e. The van der Waals surface area contributed by atoms with E-state index in [2.05, 4.69) is 173 Å². The fraction of sp³-hybridized carbons (Fsp3) is 0.649. The first-order valence-electron chi connectivity index (χ1n) is 44.2. The van der Waals surface area contributed by atoms with Crippen LogP contribution in [0.5, 0.6) is 0 Å². The second-order valence-electron chi connectivity index (χ2n) is 31.3. The summed E-state index contributed by atoms with van der Waals surface area (Å²) >= 11 is 2.02. The molecule has 5 aliphatic heterocycles. The van der Waals surface area contributed by atoms with Gasteiger partial charge in [-0.2, -0.15) is 11.8 Å². The van der Waals surface area contributed by atoms with Crippen LogP contribution < -0.4 is 26.6 Å². The molecule has 1 aromatic heterocycles. The van der Waals surface area contributed by atoms with Crippen LogP contribution in [0, 0.1) is 5.41 Å². The van der Waals surface area contributed by atoms with Gasteiger partial charge >= 0.3 is 29.8 Å². The Hall–Kier alpha value is -8.82. The molecule has 5 amide bonds. The van der Waals surface area contributed by atoms with Gasteiger partial charge in [0.25, 0.3) is 0 Å². The molecule has 0 aliphatic carbocycles. The second kappa shape index (κ2) is 85.9. The topological polar surface area (TPSA) is 346 Å². The zero-order chi connectivity index (χ0) is 97.3. The van der Waals surface area contributed by atoms with Crippen LogP contribution in [0.1, 0.15) is 102 Å². The van der Waals surface area contributed by atoms with Gasteiger partial charge in [0.05, 0.1) is 52.6 Å². The predicted molar refractivity (Wildman–Crippen MR) is 524 cm³/mol. The molecule has 1 aromatic rings. The zero-order valence-electron chi connectivity index (χ0n) is 81.0. The fourth-order valence-corrected chi connectivity index (χ4v) is 12.3. The number of thioether (sulfide) groups is 1. The van der Waals surface area contributed by atoms with Crippen molar-refractivity contribution in [3.63, 3.8) is 0 Å². The quantitative estimate of drug-likeness (QED) is 0.0197. The highest BCUT2D eigenvalue weighted by atomic mass is 32.2. The lowest BCUT2D eigenvalue weighted by molar-refractivity contribution is -0.145. The maximum absolute atomic E-state index is 11.4. The number of likely N-dealkylation sites (N-methyl/N-ethyl adjacent to an activating group) is 3. The van der Waals surface area contributed by atoms with Crippen molar-refractivity contribution in [2.45, 2.75) is 108 Å². The predicted octanol–water partition coefficient (Wildman–Crippen LogP) is 6.65. The normalized spacial score (nSPS) is 14.2. The van der Waals surface area contributed by atoms with Crippen molar-refractivity contribution in [3.05, 3.63) is 138 Å². The Morgan fingerprint density at radius 1 is 0.519 bits per heavy atom. The first-order valence-corrected chi connectivity index (χ1v) is 45.4. The molecule has 5 N–H and O–H groups in total. The van der Waals surface area contributed by atoms with E-state index in [4.69, 9.17) is 33.2 Å². The van der Waals surface area contributed by atoms with Crippen molar-refractivity contribution in [2.75, 3.05) is 290 Å². The summed E-state index contributed by atoms with van der Waals surface area (Å²) in [6.45, 7) is 81.6. The monoisotopic (exact) mass is 1840 g/mol. The maximum atomic E-state index is 11.4. The third kappa shape index (κ3) is 83.3. The molecule has 0 unspecified atom stereocenters. The standard InChI is InChI=1S/C11H22N2O2.C10H18N2OS.C10H20N2O.C10H17NO2.2C10H19NO2.C9H15N3O2.C9H16N2O2.C9H15NO3.C5H6N2.CH4/c1-9(2)11(14)15-10(7-12(3)4)8-13(5)6;1-2-10(13)11-4-3-5-12-6-8-14-9-7-12;1-4-10(13)11-8-7-9-12(5-2)6-3;1-2-10(12)13-9-8-11-6-4-3-5-7-11;1-6-9(12)13-8-10(2,3)7-11(4)5;1-5-11(6-2)7-8-13-10(12)9(3)4;1-7(2)9(14)10-3-4-12-5-8(13)11-6-12;1-2-9(12)10-3-4-11-5-7-13-8-6-11;1-2-9(11)13-8-5-10-3-6-12-7-4-10;1-2-7-4-3-6-5-7;/h10H,1,7-8H2,2-6H3;2H,1,3-9H2,(H,11,13);4H,1,5-9H2,2-3H3,(H,11,13);2H,1,3-9H2;6H,1,7-8H2,2-5H3;3,5-8H2,1-2,4H3;1,3-6H2,2H3,(H,10,14)(H,11,13);2H,1,3-8H2,(H,10,12);2H,1,3-8H2;2-5H,1H2;1H4. The highest BCUT2D eigenvalue weighted by molar-refractivity contribution is 7.99. The van der Waals surface area contributed by atoms with E-state index >= 15 is 0 Å². The van der Waals surface area contributed by atoms with Crippen molar-refractivity contribution < 1.29 is 81.1 Å². The molecule has 0 bridgehead atoms. The van der Waals surface area contributed by atoms with E-state index in [0.29, 0.717) is 76.0 Å². The van der Waals surface area contributed by atoms with Gasteiger partial charge in [0.1, 0.15) is 25.9 Å². The molecule has 35 heteroatoms. The first-order chi connectivity index (χ1) is 60.9. The fourth-order valence-electron chi connectivity index (χ4n) is 11.3. The number of piperidine rings is 1. The Labute approximate surface area is 780 Å². The molecule has 34 nitrogen and oxygen atoms in total. The molecule has 0 radical (unpaired) electrons. The van der Waals surface area contributed by atoms with Crippen LogP contribution in [0.2, 0.25) is 0 Å². The van der Waals surface area contributed by atoms with Gasteiger partial charge in [-0.3, -0.25) is 43.6 Å². The molecule has 5 aliphatic rings. The van der Waals surface area contributed by atoms with E-state index in [9.17, 15) is 47.9 Å². The number of amides is 5. The maximum Gasteiger partial charge on any atom is 0.333 e. The zero-order valence-corrected chi connectivity index (χ0v) is 81.9. The Kier molecular flexibility index (Phi) is 85.7. The minimum atomic E-state index is -0.355. The van der Waals surface area contributed by atoms with Crippen molar-refractivity contribution in [2.24, 2.45) is 5.41 Å². The van der Waals surface area contributed by atoms with E-state index < -0.39 is 0 Å². The van der Waals surface area contributed by atoms with Crippen LogP contribution in [-0.2, 0) is 81.1 Å². The van der Waals surface area contributed by atoms with Gasteiger partial charge in [-0.1, -0.05) is 121 Å². The van der Waals surface area contributed by atoms with Gasteiger partial charge in [-0.15, -0.1) is 0 Å². The van der Waals surface area contributed by atoms with Crippen LogP contribution in [-0.4, -0.2) is 414 Å². The number of carbonyl (C=O) groups is 10. The summed E-state index contributed by atoms with van der Waals surface area (Å²) in [5, 5.41) is 13.7. The number of likely N-dealkylation sites (tertiary alicyclic amines) is 1. The third-order valence-electron chi connectivity index (χ3n) is 18.3. The van der Waals surface area contributed by atoms with Crippen LogP contribution in [0.3, 0.4) is 0 Å². The lowest BCUT2D eigenvalue weighted by atomic mass is 9.94. The van der Waals surface area contributed by atoms with Crippen LogP contribution >= 0.6 is 11.8 Å².